The normalized spacial score (nSPS) is 11.1. The van der Waals surface area contributed by atoms with Crippen molar-refractivity contribution in [3.63, 3.8) is 0 Å². The van der Waals surface area contributed by atoms with Gasteiger partial charge in [-0.15, -0.1) is 0 Å². The van der Waals surface area contributed by atoms with E-state index in [9.17, 15) is 0 Å². The first-order valence-corrected chi connectivity index (χ1v) is 5.09. The largest absolute Gasteiger partial charge is 0.335 e. The quantitative estimate of drug-likeness (QED) is 0.630. The highest BCUT2D eigenvalue weighted by Crippen LogP contribution is 2.10. The van der Waals surface area contributed by atoms with Gasteiger partial charge >= 0.3 is 0 Å². The second kappa shape index (κ2) is 6.56. The summed E-state index contributed by atoms with van der Waals surface area (Å²) in [4.78, 5) is 3.96. The van der Waals surface area contributed by atoms with E-state index >= 15 is 0 Å². The molecule has 0 spiro atoms. The van der Waals surface area contributed by atoms with Crippen LogP contribution in [0.1, 0.15) is 33.1 Å². The first-order chi connectivity index (χ1) is 6.88. The summed E-state index contributed by atoms with van der Waals surface area (Å²) in [5.74, 6) is 0. The third kappa shape index (κ3) is 3.47. The van der Waals surface area contributed by atoms with E-state index in [4.69, 9.17) is 9.47 Å². The first kappa shape index (κ1) is 11.2. The molecule has 0 saturated carbocycles. The van der Waals surface area contributed by atoms with Gasteiger partial charge in [0, 0.05) is 12.4 Å². The van der Waals surface area contributed by atoms with E-state index in [0.29, 0.717) is 13.2 Å². The van der Waals surface area contributed by atoms with Gasteiger partial charge in [0.1, 0.15) is 0 Å². The van der Waals surface area contributed by atoms with Crippen LogP contribution in [0.4, 0.5) is 0 Å². The lowest BCUT2D eigenvalue weighted by molar-refractivity contribution is -0.191. The summed E-state index contributed by atoms with van der Waals surface area (Å²) >= 11 is 0. The smallest absolute Gasteiger partial charge is 0.245 e. The molecular weight excluding hydrogens is 180 g/mol. The van der Waals surface area contributed by atoms with Crippen molar-refractivity contribution in [2.75, 3.05) is 13.2 Å². The molecule has 0 bridgehead atoms. The fraction of sp³-hybridized carbons (Fsp3) is 0.700. The molecular formula is C10H18N2O2. The molecule has 1 heterocycles. The molecule has 1 aromatic heterocycles. The average molecular weight is 198 g/mol. The summed E-state index contributed by atoms with van der Waals surface area (Å²) in [5.41, 5.74) is 0. The van der Waals surface area contributed by atoms with Crippen molar-refractivity contribution < 1.29 is 9.47 Å². The van der Waals surface area contributed by atoms with Crippen LogP contribution in [0.25, 0.3) is 0 Å². The maximum atomic E-state index is 5.54. The van der Waals surface area contributed by atoms with Crippen LogP contribution >= 0.6 is 0 Å². The number of imidazole rings is 1. The second-order valence-electron chi connectivity index (χ2n) is 3.06. The molecule has 0 aliphatic carbocycles. The van der Waals surface area contributed by atoms with Crippen LogP contribution in [-0.2, 0) is 9.47 Å². The van der Waals surface area contributed by atoms with Crippen molar-refractivity contribution in [2.45, 2.75) is 33.1 Å². The molecule has 4 heteroatoms. The molecule has 0 saturated heterocycles. The van der Waals surface area contributed by atoms with E-state index in [2.05, 4.69) is 18.8 Å². The van der Waals surface area contributed by atoms with E-state index in [0.717, 1.165) is 12.8 Å². The zero-order valence-corrected chi connectivity index (χ0v) is 8.85. The van der Waals surface area contributed by atoms with Crippen molar-refractivity contribution in [1.82, 2.24) is 9.55 Å². The molecule has 0 unspecified atom stereocenters. The van der Waals surface area contributed by atoms with Gasteiger partial charge in [-0.1, -0.05) is 13.8 Å². The fourth-order valence-electron chi connectivity index (χ4n) is 1.05. The lowest BCUT2D eigenvalue weighted by Gasteiger charge is -2.18. The Bertz CT molecular complexity index is 216. The Hall–Kier alpha value is -0.870. The zero-order chi connectivity index (χ0) is 10.2. The van der Waals surface area contributed by atoms with Crippen LogP contribution < -0.4 is 0 Å². The maximum Gasteiger partial charge on any atom is 0.245 e. The van der Waals surface area contributed by atoms with Gasteiger partial charge in [0.25, 0.3) is 0 Å². The molecule has 14 heavy (non-hydrogen) atoms. The average Bonchev–Trinajstić information content (AvgIpc) is 2.71. The highest BCUT2D eigenvalue weighted by molar-refractivity contribution is 4.74. The van der Waals surface area contributed by atoms with Crippen LogP contribution in [0.15, 0.2) is 18.7 Å². The van der Waals surface area contributed by atoms with Crippen molar-refractivity contribution >= 4 is 0 Å². The van der Waals surface area contributed by atoms with Gasteiger partial charge in [0.05, 0.1) is 19.5 Å². The molecule has 0 aliphatic rings. The van der Waals surface area contributed by atoms with Crippen LogP contribution in [0, 0.1) is 0 Å². The van der Waals surface area contributed by atoms with Gasteiger partial charge < -0.3 is 9.47 Å². The van der Waals surface area contributed by atoms with E-state index < -0.39 is 0 Å². The van der Waals surface area contributed by atoms with Crippen molar-refractivity contribution in [2.24, 2.45) is 0 Å². The Kier molecular flexibility index (Phi) is 5.25. The molecule has 0 radical (unpaired) electrons. The van der Waals surface area contributed by atoms with Gasteiger partial charge in [-0.25, -0.2) is 4.98 Å². The van der Waals surface area contributed by atoms with E-state index in [1.165, 1.54) is 0 Å². The van der Waals surface area contributed by atoms with Gasteiger partial charge in [0.2, 0.25) is 6.41 Å². The van der Waals surface area contributed by atoms with Gasteiger partial charge in [0.15, 0.2) is 0 Å². The zero-order valence-electron chi connectivity index (χ0n) is 8.85. The number of rotatable bonds is 7. The summed E-state index contributed by atoms with van der Waals surface area (Å²) < 4.78 is 12.9. The second-order valence-corrected chi connectivity index (χ2v) is 3.06. The molecule has 0 N–H and O–H groups in total. The summed E-state index contributed by atoms with van der Waals surface area (Å²) in [6.45, 7) is 5.55. The minimum absolute atomic E-state index is 0.322. The Labute approximate surface area is 84.9 Å². The number of hydrogen-bond acceptors (Lipinski definition) is 3. The monoisotopic (exact) mass is 198 g/mol. The lowest BCUT2D eigenvalue weighted by Crippen LogP contribution is -2.16. The Morgan fingerprint density at radius 3 is 2.29 bits per heavy atom. The van der Waals surface area contributed by atoms with Crippen molar-refractivity contribution in [1.29, 1.82) is 0 Å². The predicted molar refractivity (Wildman–Crippen MR) is 53.8 cm³/mol. The summed E-state index contributed by atoms with van der Waals surface area (Å²) in [7, 11) is 0. The van der Waals surface area contributed by atoms with Crippen LogP contribution in [0.3, 0.4) is 0 Å². The minimum Gasteiger partial charge on any atom is -0.335 e. The van der Waals surface area contributed by atoms with Crippen LogP contribution in [0.2, 0.25) is 0 Å². The molecule has 1 aromatic rings. The van der Waals surface area contributed by atoms with E-state index in [-0.39, 0.29) is 6.41 Å². The van der Waals surface area contributed by atoms with E-state index in [1.54, 1.807) is 12.5 Å². The fourth-order valence-corrected chi connectivity index (χ4v) is 1.05. The number of hydrogen-bond donors (Lipinski definition) is 0. The number of nitrogens with zero attached hydrogens (tertiary/aromatic N) is 2. The molecule has 0 aromatic carbocycles. The third-order valence-corrected chi connectivity index (χ3v) is 1.70. The molecule has 0 atom stereocenters. The molecule has 0 fully saturated rings. The summed E-state index contributed by atoms with van der Waals surface area (Å²) in [6.07, 6.45) is 6.92. The number of aromatic nitrogens is 2. The SMILES string of the molecule is CCCOC(OCCC)n1ccnc1. The summed E-state index contributed by atoms with van der Waals surface area (Å²) in [5, 5.41) is 0. The molecule has 80 valence electrons. The van der Waals surface area contributed by atoms with E-state index in [1.807, 2.05) is 10.8 Å². The molecule has 1 rings (SSSR count). The highest BCUT2D eigenvalue weighted by atomic mass is 16.7. The highest BCUT2D eigenvalue weighted by Gasteiger charge is 2.09. The topological polar surface area (TPSA) is 36.3 Å². The van der Waals surface area contributed by atoms with Crippen molar-refractivity contribution in [3.8, 4) is 0 Å². The Balaban J connectivity index is 2.44. The Morgan fingerprint density at radius 2 is 1.86 bits per heavy atom. The minimum atomic E-state index is -0.322. The van der Waals surface area contributed by atoms with Crippen molar-refractivity contribution in [3.05, 3.63) is 18.7 Å². The lowest BCUT2D eigenvalue weighted by atomic mass is 10.5. The molecule has 4 nitrogen and oxygen atoms in total. The van der Waals surface area contributed by atoms with Crippen LogP contribution in [-0.4, -0.2) is 22.8 Å². The van der Waals surface area contributed by atoms with Gasteiger partial charge in [-0.05, 0) is 12.8 Å². The first-order valence-electron chi connectivity index (χ1n) is 5.09. The van der Waals surface area contributed by atoms with Crippen LogP contribution in [0.5, 0.6) is 0 Å². The Morgan fingerprint density at radius 1 is 1.21 bits per heavy atom. The predicted octanol–water partition coefficient (Wildman–Crippen LogP) is 2.19. The molecule has 0 aliphatic heterocycles. The standard InChI is InChI=1S/C10H18N2O2/c1-3-7-13-10(14-8-4-2)12-6-5-11-9-12/h5-6,9-10H,3-4,7-8H2,1-2H3. The summed E-state index contributed by atoms with van der Waals surface area (Å²) in [6, 6.07) is 0. The van der Waals surface area contributed by atoms with Gasteiger partial charge in [-0.3, -0.25) is 4.57 Å². The van der Waals surface area contributed by atoms with Gasteiger partial charge in [-0.2, -0.15) is 0 Å². The number of ether oxygens (including phenoxy) is 2. The maximum absolute atomic E-state index is 5.54. The molecule has 0 amide bonds. The third-order valence-electron chi connectivity index (χ3n) is 1.70.